The van der Waals surface area contributed by atoms with Crippen molar-refractivity contribution in [2.75, 3.05) is 36.5 Å². The third kappa shape index (κ3) is 4.68. The number of anilines is 1. The van der Waals surface area contributed by atoms with Crippen LogP contribution in [0.4, 0.5) is 5.69 Å². The monoisotopic (exact) mass is 320 g/mol. The van der Waals surface area contributed by atoms with Crippen molar-refractivity contribution in [1.82, 2.24) is 5.32 Å². The van der Waals surface area contributed by atoms with Gasteiger partial charge in [-0.2, -0.15) is 0 Å². The minimum atomic E-state index is 0.932. The van der Waals surface area contributed by atoms with Gasteiger partial charge in [0.25, 0.3) is 0 Å². The van der Waals surface area contributed by atoms with Gasteiger partial charge in [0.2, 0.25) is 0 Å². The molecule has 0 saturated carbocycles. The Labute approximate surface area is 134 Å². The highest BCUT2D eigenvalue weighted by Gasteiger charge is 2.07. The van der Waals surface area contributed by atoms with E-state index in [2.05, 4.69) is 44.9 Å². The first kappa shape index (κ1) is 14.8. The summed E-state index contributed by atoms with van der Waals surface area (Å²) in [5.74, 6) is 2.22. The van der Waals surface area contributed by atoms with Gasteiger partial charge in [0.15, 0.2) is 10.3 Å². The third-order valence-corrected chi connectivity index (χ3v) is 5.12. The van der Waals surface area contributed by atoms with Crippen LogP contribution in [0.2, 0.25) is 0 Å². The molecule has 1 aromatic rings. The first-order valence-corrected chi connectivity index (χ1v) is 9.31. The molecule has 4 nitrogen and oxygen atoms in total. The fourth-order valence-electron chi connectivity index (χ4n) is 2.22. The lowest BCUT2D eigenvalue weighted by Crippen LogP contribution is -2.20. The molecule has 2 aliphatic rings. The van der Waals surface area contributed by atoms with Crippen LogP contribution >= 0.6 is 23.5 Å². The van der Waals surface area contributed by atoms with Crippen molar-refractivity contribution in [3.8, 4) is 0 Å². The Kier molecular flexibility index (Phi) is 5.46. The lowest BCUT2D eigenvalue weighted by molar-refractivity contribution is 0.777. The van der Waals surface area contributed by atoms with Crippen LogP contribution in [-0.2, 0) is 6.42 Å². The Morgan fingerprint density at radius 1 is 0.952 bits per heavy atom. The second-order valence-corrected chi connectivity index (χ2v) is 7.09. The molecular formula is C15H20N4S2. The molecule has 1 aromatic carbocycles. The van der Waals surface area contributed by atoms with Gasteiger partial charge in [-0.25, -0.2) is 0 Å². The molecule has 112 valence electrons. The molecule has 0 bridgehead atoms. The Balaban J connectivity index is 1.39. The molecule has 0 saturated heterocycles. The number of thioether (sulfide) groups is 2. The van der Waals surface area contributed by atoms with E-state index in [1.807, 2.05) is 11.8 Å². The van der Waals surface area contributed by atoms with Crippen LogP contribution in [0.25, 0.3) is 0 Å². The molecular weight excluding hydrogens is 300 g/mol. The Bertz CT molecular complexity index is 525. The van der Waals surface area contributed by atoms with E-state index in [0.717, 1.165) is 60.0 Å². The molecule has 0 aromatic heterocycles. The minimum absolute atomic E-state index is 0.932. The standard InChI is InChI=1S/C15H20N4S2/c1(7-16-14-17-8-10-20-14)2-12-3-5-13(6-4-12)19-15-18-9-11-21-15/h3-6H,1-2,7-11H2,(H,16,17)(H,18,19). The first-order valence-electron chi connectivity index (χ1n) is 7.34. The van der Waals surface area contributed by atoms with Crippen LogP contribution in [0.15, 0.2) is 34.3 Å². The van der Waals surface area contributed by atoms with Crippen molar-refractivity contribution in [1.29, 1.82) is 0 Å². The molecule has 0 fully saturated rings. The molecule has 0 radical (unpaired) electrons. The Morgan fingerprint density at radius 2 is 1.67 bits per heavy atom. The number of hydrogen-bond donors (Lipinski definition) is 2. The topological polar surface area (TPSA) is 48.8 Å². The van der Waals surface area contributed by atoms with Crippen LogP contribution < -0.4 is 10.6 Å². The zero-order valence-corrected chi connectivity index (χ0v) is 13.6. The van der Waals surface area contributed by atoms with E-state index < -0.39 is 0 Å². The third-order valence-electron chi connectivity index (χ3n) is 3.29. The number of rotatable bonds is 5. The van der Waals surface area contributed by atoms with Gasteiger partial charge in [-0.3, -0.25) is 9.98 Å². The van der Waals surface area contributed by atoms with Crippen LogP contribution in [0.1, 0.15) is 12.0 Å². The number of nitrogens with one attached hydrogen (secondary N) is 2. The SMILES string of the molecule is c1cc(NC2=NCCS2)ccc1CCCNC1=NCCS1. The summed E-state index contributed by atoms with van der Waals surface area (Å²) >= 11 is 3.61. The van der Waals surface area contributed by atoms with E-state index in [-0.39, 0.29) is 0 Å². The summed E-state index contributed by atoms with van der Waals surface area (Å²) in [5, 5.41) is 8.91. The average Bonchev–Trinajstić information content (AvgIpc) is 3.19. The lowest BCUT2D eigenvalue weighted by atomic mass is 10.1. The summed E-state index contributed by atoms with van der Waals surface area (Å²) < 4.78 is 0. The summed E-state index contributed by atoms with van der Waals surface area (Å²) in [6.45, 7) is 2.89. The number of aryl methyl sites for hydroxylation is 1. The van der Waals surface area contributed by atoms with Crippen LogP contribution in [-0.4, -0.2) is 41.5 Å². The van der Waals surface area contributed by atoms with E-state index in [1.165, 1.54) is 5.56 Å². The van der Waals surface area contributed by atoms with Crippen molar-refractivity contribution >= 4 is 39.5 Å². The number of aliphatic imine (C=N–C) groups is 2. The molecule has 0 amide bonds. The molecule has 0 spiro atoms. The van der Waals surface area contributed by atoms with Crippen molar-refractivity contribution in [2.24, 2.45) is 9.98 Å². The molecule has 2 N–H and O–H groups in total. The van der Waals surface area contributed by atoms with Gasteiger partial charge < -0.3 is 10.6 Å². The maximum absolute atomic E-state index is 4.40. The quantitative estimate of drug-likeness (QED) is 0.819. The van der Waals surface area contributed by atoms with Gasteiger partial charge in [-0.1, -0.05) is 35.7 Å². The van der Waals surface area contributed by atoms with Crippen molar-refractivity contribution < 1.29 is 0 Å². The predicted octanol–water partition coefficient (Wildman–Crippen LogP) is 2.83. The average molecular weight is 320 g/mol. The first-order chi connectivity index (χ1) is 10.4. The van der Waals surface area contributed by atoms with Crippen LogP contribution in [0.3, 0.4) is 0 Å². The highest BCUT2D eigenvalue weighted by Crippen LogP contribution is 2.17. The Hall–Kier alpha value is -1.14. The summed E-state index contributed by atoms with van der Waals surface area (Å²) in [4.78, 5) is 8.79. The summed E-state index contributed by atoms with van der Waals surface area (Å²) in [6, 6.07) is 8.68. The van der Waals surface area contributed by atoms with E-state index in [0.29, 0.717) is 0 Å². The number of hydrogen-bond acceptors (Lipinski definition) is 6. The van der Waals surface area contributed by atoms with Crippen molar-refractivity contribution in [2.45, 2.75) is 12.8 Å². The van der Waals surface area contributed by atoms with Gasteiger partial charge in [0.05, 0.1) is 13.1 Å². The second-order valence-electron chi connectivity index (χ2n) is 4.92. The molecule has 0 aliphatic carbocycles. The van der Waals surface area contributed by atoms with E-state index >= 15 is 0 Å². The zero-order chi connectivity index (χ0) is 14.3. The fraction of sp³-hybridized carbons (Fsp3) is 0.467. The molecule has 2 aliphatic heterocycles. The smallest absolute Gasteiger partial charge is 0.161 e. The molecule has 2 heterocycles. The molecule has 3 rings (SSSR count). The summed E-state index contributed by atoms with van der Waals surface area (Å²) in [6.07, 6.45) is 2.23. The number of nitrogens with zero attached hydrogens (tertiary/aromatic N) is 2. The van der Waals surface area contributed by atoms with Gasteiger partial charge in [-0.05, 0) is 30.5 Å². The largest absolute Gasteiger partial charge is 0.365 e. The highest BCUT2D eigenvalue weighted by atomic mass is 32.2. The van der Waals surface area contributed by atoms with E-state index in [4.69, 9.17) is 0 Å². The normalized spacial score (nSPS) is 17.5. The van der Waals surface area contributed by atoms with Gasteiger partial charge in [0.1, 0.15) is 0 Å². The van der Waals surface area contributed by atoms with Gasteiger partial charge >= 0.3 is 0 Å². The molecule has 0 atom stereocenters. The molecule has 0 unspecified atom stereocenters. The van der Waals surface area contributed by atoms with Crippen LogP contribution in [0, 0.1) is 0 Å². The predicted molar refractivity (Wildman–Crippen MR) is 95.9 cm³/mol. The fourth-order valence-corrected chi connectivity index (χ4v) is 3.73. The van der Waals surface area contributed by atoms with E-state index in [1.54, 1.807) is 11.8 Å². The van der Waals surface area contributed by atoms with Gasteiger partial charge in [0, 0.05) is 23.7 Å². The van der Waals surface area contributed by atoms with Crippen molar-refractivity contribution in [3.63, 3.8) is 0 Å². The summed E-state index contributed by atoms with van der Waals surface area (Å²) in [7, 11) is 0. The number of benzene rings is 1. The van der Waals surface area contributed by atoms with E-state index in [9.17, 15) is 0 Å². The Morgan fingerprint density at radius 3 is 2.33 bits per heavy atom. The van der Waals surface area contributed by atoms with Crippen LogP contribution in [0.5, 0.6) is 0 Å². The summed E-state index contributed by atoms with van der Waals surface area (Å²) in [5.41, 5.74) is 2.51. The zero-order valence-electron chi connectivity index (χ0n) is 12.0. The maximum Gasteiger partial charge on any atom is 0.161 e. The van der Waals surface area contributed by atoms with Crippen molar-refractivity contribution in [3.05, 3.63) is 29.8 Å². The molecule has 21 heavy (non-hydrogen) atoms. The molecule has 6 heteroatoms. The number of amidine groups is 2. The lowest BCUT2D eigenvalue weighted by Gasteiger charge is -2.07. The minimum Gasteiger partial charge on any atom is -0.365 e. The second kappa shape index (κ2) is 7.75. The maximum atomic E-state index is 4.40. The van der Waals surface area contributed by atoms with Gasteiger partial charge in [-0.15, -0.1) is 0 Å². The highest BCUT2D eigenvalue weighted by molar-refractivity contribution is 8.14.